The van der Waals surface area contributed by atoms with E-state index in [9.17, 15) is 0 Å². The van der Waals surface area contributed by atoms with Gasteiger partial charge in [0, 0.05) is 12.1 Å². The van der Waals surface area contributed by atoms with Gasteiger partial charge < -0.3 is 14.8 Å². The quantitative estimate of drug-likeness (QED) is 0.719. The molecule has 2 rings (SSSR count). The fourth-order valence-electron chi connectivity index (χ4n) is 1.95. The fourth-order valence-corrected chi connectivity index (χ4v) is 1.95. The Morgan fingerprint density at radius 3 is 2.78 bits per heavy atom. The van der Waals surface area contributed by atoms with Crippen molar-refractivity contribution in [2.24, 2.45) is 0 Å². The second-order valence-electron chi connectivity index (χ2n) is 4.66. The highest BCUT2D eigenvalue weighted by molar-refractivity contribution is 5.33. The van der Waals surface area contributed by atoms with Crippen LogP contribution < -0.4 is 10.1 Å². The molecule has 3 heteroatoms. The van der Waals surface area contributed by atoms with E-state index in [1.165, 1.54) is 24.8 Å². The number of hydrogen-bond acceptors (Lipinski definition) is 3. The SMILES string of the molecule is CCNCc1ccccc1OCCOC1CCC1. The molecule has 0 bridgehead atoms. The molecule has 0 aromatic heterocycles. The van der Waals surface area contributed by atoms with E-state index in [2.05, 4.69) is 18.3 Å². The van der Waals surface area contributed by atoms with E-state index in [1.54, 1.807) is 0 Å². The summed E-state index contributed by atoms with van der Waals surface area (Å²) in [4.78, 5) is 0. The van der Waals surface area contributed by atoms with Crippen LogP contribution in [-0.4, -0.2) is 25.9 Å². The topological polar surface area (TPSA) is 30.5 Å². The number of ether oxygens (including phenoxy) is 2. The maximum absolute atomic E-state index is 5.79. The van der Waals surface area contributed by atoms with Crippen molar-refractivity contribution in [3.8, 4) is 5.75 Å². The summed E-state index contributed by atoms with van der Waals surface area (Å²) < 4.78 is 11.5. The monoisotopic (exact) mass is 249 g/mol. The Morgan fingerprint density at radius 2 is 2.06 bits per heavy atom. The molecular formula is C15H23NO2. The molecule has 0 spiro atoms. The largest absolute Gasteiger partial charge is 0.491 e. The van der Waals surface area contributed by atoms with E-state index in [0.29, 0.717) is 19.3 Å². The van der Waals surface area contributed by atoms with Crippen LogP contribution >= 0.6 is 0 Å². The molecule has 1 saturated carbocycles. The lowest BCUT2D eigenvalue weighted by Gasteiger charge is -2.25. The zero-order valence-electron chi connectivity index (χ0n) is 11.2. The molecule has 0 amide bonds. The Morgan fingerprint density at radius 1 is 1.22 bits per heavy atom. The first kappa shape index (κ1) is 13.4. The summed E-state index contributed by atoms with van der Waals surface area (Å²) in [5, 5.41) is 3.32. The number of nitrogens with one attached hydrogen (secondary N) is 1. The van der Waals surface area contributed by atoms with Crippen LogP contribution in [0.1, 0.15) is 31.7 Å². The molecule has 3 nitrogen and oxygen atoms in total. The third-order valence-corrected chi connectivity index (χ3v) is 3.28. The van der Waals surface area contributed by atoms with Gasteiger partial charge in [0.2, 0.25) is 0 Å². The number of para-hydroxylation sites is 1. The average Bonchev–Trinajstić information content (AvgIpc) is 2.35. The molecule has 0 saturated heterocycles. The van der Waals surface area contributed by atoms with Gasteiger partial charge in [-0.1, -0.05) is 25.1 Å². The van der Waals surface area contributed by atoms with Gasteiger partial charge in [-0.3, -0.25) is 0 Å². The molecule has 0 heterocycles. The predicted octanol–water partition coefficient (Wildman–Crippen LogP) is 2.74. The molecule has 0 unspecified atom stereocenters. The lowest BCUT2D eigenvalue weighted by atomic mass is 9.96. The summed E-state index contributed by atoms with van der Waals surface area (Å²) in [6.45, 7) is 5.27. The number of rotatable bonds is 8. The zero-order valence-corrected chi connectivity index (χ0v) is 11.2. The van der Waals surface area contributed by atoms with Crippen molar-refractivity contribution in [3.63, 3.8) is 0 Å². The molecule has 18 heavy (non-hydrogen) atoms. The highest BCUT2D eigenvalue weighted by Crippen LogP contribution is 2.22. The third kappa shape index (κ3) is 4.00. The lowest BCUT2D eigenvalue weighted by Crippen LogP contribution is -2.24. The van der Waals surface area contributed by atoms with Crippen molar-refractivity contribution in [1.82, 2.24) is 5.32 Å². The minimum atomic E-state index is 0.491. The molecular weight excluding hydrogens is 226 g/mol. The van der Waals surface area contributed by atoms with Crippen LogP contribution in [0.2, 0.25) is 0 Å². The number of hydrogen-bond donors (Lipinski definition) is 1. The van der Waals surface area contributed by atoms with Gasteiger partial charge in [-0.05, 0) is 31.9 Å². The highest BCUT2D eigenvalue weighted by Gasteiger charge is 2.17. The maximum Gasteiger partial charge on any atom is 0.123 e. The minimum absolute atomic E-state index is 0.491. The number of benzene rings is 1. The molecule has 1 N–H and O–H groups in total. The Hall–Kier alpha value is -1.06. The third-order valence-electron chi connectivity index (χ3n) is 3.28. The Balaban J connectivity index is 1.72. The first-order valence-corrected chi connectivity index (χ1v) is 6.93. The van der Waals surface area contributed by atoms with Crippen molar-refractivity contribution >= 4 is 0 Å². The van der Waals surface area contributed by atoms with Crippen LogP contribution in [0.25, 0.3) is 0 Å². The van der Waals surface area contributed by atoms with Gasteiger partial charge in [0.1, 0.15) is 12.4 Å². The second-order valence-corrected chi connectivity index (χ2v) is 4.66. The summed E-state index contributed by atoms with van der Waals surface area (Å²) in [5.74, 6) is 0.968. The van der Waals surface area contributed by atoms with Crippen LogP contribution in [0, 0.1) is 0 Å². The summed E-state index contributed by atoms with van der Waals surface area (Å²) in [6, 6.07) is 8.18. The van der Waals surface area contributed by atoms with Gasteiger partial charge in [-0.15, -0.1) is 0 Å². The van der Waals surface area contributed by atoms with Gasteiger partial charge in [-0.25, -0.2) is 0 Å². The van der Waals surface area contributed by atoms with E-state index < -0.39 is 0 Å². The van der Waals surface area contributed by atoms with Gasteiger partial charge >= 0.3 is 0 Å². The van der Waals surface area contributed by atoms with Gasteiger partial charge in [0.05, 0.1) is 12.7 Å². The van der Waals surface area contributed by atoms with Gasteiger partial charge in [-0.2, -0.15) is 0 Å². The first-order chi connectivity index (χ1) is 8.90. The van der Waals surface area contributed by atoms with Crippen LogP contribution in [0.15, 0.2) is 24.3 Å². The maximum atomic E-state index is 5.79. The smallest absolute Gasteiger partial charge is 0.123 e. The highest BCUT2D eigenvalue weighted by atomic mass is 16.5. The molecule has 1 aliphatic carbocycles. The zero-order chi connectivity index (χ0) is 12.6. The van der Waals surface area contributed by atoms with Crippen molar-refractivity contribution in [2.75, 3.05) is 19.8 Å². The molecule has 0 atom stereocenters. The van der Waals surface area contributed by atoms with E-state index >= 15 is 0 Å². The van der Waals surface area contributed by atoms with E-state index in [-0.39, 0.29) is 0 Å². The lowest BCUT2D eigenvalue weighted by molar-refractivity contribution is -0.0104. The minimum Gasteiger partial charge on any atom is -0.491 e. The Kier molecular flexibility index (Phi) is 5.49. The summed E-state index contributed by atoms with van der Waals surface area (Å²) in [6.07, 6.45) is 4.25. The molecule has 0 aliphatic heterocycles. The molecule has 1 aliphatic rings. The van der Waals surface area contributed by atoms with Crippen LogP contribution in [0.4, 0.5) is 0 Å². The van der Waals surface area contributed by atoms with Crippen molar-refractivity contribution in [2.45, 2.75) is 38.8 Å². The van der Waals surface area contributed by atoms with E-state index in [1.807, 2.05) is 18.2 Å². The van der Waals surface area contributed by atoms with Crippen molar-refractivity contribution in [1.29, 1.82) is 0 Å². The normalized spacial score (nSPS) is 15.4. The van der Waals surface area contributed by atoms with E-state index in [4.69, 9.17) is 9.47 Å². The molecule has 1 aromatic rings. The molecule has 0 radical (unpaired) electrons. The first-order valence-electron chi connectivity index (χ1n) is 6.93. The molecule has 100 valence electrons. The summed E-state index contributed by atoms with van der Waals surface area (Å²) in [5.41, 5.74) is 1.21. The van der Waals surface area contributed by atoms with Crippen LogP contribution in [0.3, 0.4) is 0 Å². The van der Waals surface area contributed by atoms with Crippen LogP contribution in [0.5, 0.6) is 5.75 Å². The fraction of sp³-hybridized carbons (Fsp3) is 0.600. The summed E-state index contributed by atoms with van der Waals surface area (Å²) in [7, 11) is 0. The van der Waals surface area contributed by atoms with Crippen molar-refractivity contribution < 1.29 is 9.47 Å². The van der Waals surface area contributed by atoms with Crippen LogP contribution in [-0.2, 0) is 11.3 Å². The van der Waals surface area contributed by atoms with E-state index in [0.717, 1.165) is 18.8 Å². The standard InChI is InChI=1S/C15H23NO2/c1-2-16-12-13-6-3-4-9-15(13)18-11-10-17-14-7-5-8-14/h3-4,6,9,14,16H,2,5,7-8,10-12H2,1H3. The van der Waals surface area contributed by atoms with Gasteiger partial charge in [0.15, 0.2) is 0 Å². The van der Waals surface area contributed by atoms with Gasteiger partial charge in [0.25, 0.3) is 0 Å². The van der Waals surface area contributed by atoms with Crippen molar-refractivity contribution in [3.05, 3.63) is 29.8 Å². The predicted molar refractivity (Wildman–Crippen MR) is 72.9 cm³/mol. The Labute approximate surface area is 109 Å². The second kappa shape index (κ2) is 7.39. The summed E-state index contributed by atoms with van der Waals surface area (Å²) >= 11 is 0. The molecule has 1 aromatic carbocycles. The Bertz CT molecular complexity index is 350. The average molecular weight is 249 g/mol. The molecule has 1 fully saturated rings.